The summed E-state index contributed by atoms with van der Waals surface area (Å²) >= 11 is 0. The van der Waals surface area contributed by atoms with E-state index in [-0.39, 0.29) is 11.6 Å². The minimum atomic E-state index is 0.0225. The minimum absolute atomic E-state index is 0.0225. The summed E-state index contributed by atoms with van der Waals surface area (Å²) in [6, 6.07) is 8.06. The van der Waals surface area contributed by atoms with Crippen LogP contribution in [-0.2, 0) is 6.54 Å². The average Bonchev–Trinajstić information content (AvgIpc) is 3.07. The molecule has 0 amide bonds. The maximum atomic E-state index is 12.6. The van der Waals surface area contributed by atoms with Gasteiger partial charge in [0.05, 0.1) is 22.9 Å². The molecule has 1 aliphatic heterocycles. The van der Waals surface area contributed by atoms with Gasteiger partial charge in [-0.3, -0.25) is 14.3 Å². The lowest BCUT2D eigenvalue weighted by molar-refractivity contribution is 0.242. The molecule has 27 heavy (non-hydrogen) atoms. The molecule has 3 heterocycles. The van der Waals surface area contributed by atoms with Gasteiger partial charge in [0, 0.05) is 50.5 Å². The van der Waals surface area contributed by atoms with E-state index in [2.05, 4.69) is 19.9 Å². The first kappa shape index (κ1) is 17.7. The summed E-state index contributed by atoms with van der Waals surface area (Å²) in [5.41, 5.74) is 2.88. The van der Waals surface area contributed by atoms with Crippen molar-refractivity contribution in [2.75, 3.05) is 31.1 Å². The zero-order valence-electron chi connectivity index (χ0n) is 16.1. The number of fused-ring (bicyclic) bond motifs is 1. The van der Waals surface area contributed by atoms with Crippen molar-refractivity contribution in [3.05, 3.63) is 52.4 Å². The molecular weight excluding hydrogens is 342 g/mol. The molecule has 0 bridgehead atoms. The fraction of sp³-hybridized carbons (Fsp3) is 0.450. The molecule has 0 radical (unpaired) electrons. The largest absolute Gasteiger partial charge is 0.369 e. The zero-order chi connectivity index (χ0) is 19.0. The molecule has 1 aliphatic rings. The van der Waals surface area contributed by atoms with Crippen LogP contribution in [0.25, 0.3) is 10.9 Å². The molecule has 0 N–H and O–H groups in total. The first-order chi connectivity index (χ1) is 13.0. The van der Waals surface area contributed by atoms with Crippen molar-refractivity contribution in [1.82, 2.24) is 19.6 Å². The van der Waals surface area contributed by atoms with E-state index < -0.39 is 0 Å². The van der Waals surface area contributed by atoms with Gasteiger partial charge < -0.3 is 9.42 Å². The fourth-order valence-electron chi connectivity index (χ4n) is 3.57. The summed E-state index contributed by atoms with van der Waals surface area (Å²) in [5, 5.41) is 4.75. The summed E-state index contributed by atoms with van der Waals surface area (Å²) < 4.78 is 6.82. The first-order valence-electron chi connectivity index (χ1n) is 9.41. The third-order valence-corrected chi connectivity index (χ3v) is 5.12. The third-order valence-electron chi connectivity index (χ3n) is 5.12. The van der Waals surface area contributed by atoms with E-state index in [0.717, 1.165) is 55.4 Å². The smallest absolute Gasteiger partial charge is 0.261 e. The van der Waals surface area contributed by atoms with Gasteiger partial charge in [-0.2, -0.15) is 0 Å². The third kappa shape index (κ3) is 3.60. The van der Waals surface area contributed by atoms with Crippen LogP contribution < -0.4 is 10.5 Å². The maximum absolute atomic E-state index is 12.6. The number of anilines is 1. The number of aryl methyl sites for hydroxylation is 1. The van der Waals surface area contributed by atoms with Gasteiger partial charge in [-0.15, -0.1) is 0 Å². The van der Waals surface area contributed by atoms with Crippen molar-refractivity contribution in [2.45, 2.75) is 33.4 Å². The molecule has 3 aromatic rings. The highest BCUT2D eigenvalue weighted by Gasteiger charge is 2.19. The number of rotatable bonds is 4. The van der Waals surface area contributed by atoms with Gasteiger partial charge in [-0.05, 0) is 39.0 Å². The Bertz CT molecular complexity index is 999. The van der Waals surface area contributed by atoms with Gasteiger partial charge in [0.1, 0.15) is 5.76 Å². The van der Waals surface area contributed by atoms with Gasteiger partial charge >= 0.3 is 0 Å². The van der Waals surface area contributed by atoms with Crippen molar-refractivity contribution >= 4 is 16.6 Å². The van der Waals surface area contributed by atoms with Crippen molar-refractivity contribution in [3.63, 3.8) is 0 Å². The van der Waals surface area contributed by atoms with Gasteiger partial charge in [-0.1, -0.05) is 5.16 Å². The van der Waals surface area contributed by atoms with Crippen molar-refractivity contribution in [1.29, 1.82) is 0 Å². The van der Waals surface area contributed by atoms with Crippen LogP contribution >= 0.6 is 0 Å². The van der Waals surface area contributed by atoms with E-state index >= 15 is 0 Å². The molecule has 0 aliphatic carbocycles. The Morgan fingerprint density at radius 3 is 2.59 bits per heavy atom. The number of aromatic nitrogens is 3. The summed E-state index contributed by atoms with van der Waals surface area (Å²) in [7, 11) is 0. The van der Waals surface area contributed by atoms with E-state index in [4.69, 9.17) is 4.52 Å². The molecule has 1 saturated heterocycles. The molecule has 1 fully saturated rings. The second kappa shape index (κ2) is 7.15. The molecule has 0 spiro atoms. The quantitative estimate of drug-likeness (QED) is 0.706. The van der Waals surface area contributed by atoms with Crippen LogP contribution in [0.4, 0.5) is 5.69 Å². The Kier molecular flexibility index (Phi) is 4.70. The lowest BCUT2D eigenvalue weighted by Gasteiger charge is -2.35. The number of piperazine rings is 1. The molecule has 0 unspecified atom stereocenters. The van der Waals surface area contributed by atoms with E-state index in [0.29, 0.717) is 5.39 Å². The van der Waals surface area contributed by atoms with Crippen molar-refractivity contribution in [2.24, 2.45) is 0 Å². The van der Waals surface area contributed by atoms with Gasteiger partial charge in [0.25, 0.3) is 5.56 Å². The Balaban J connectivity index is 1.47. The second-order valence-electron chi connectivity index (χ2n) is 7.44. The number of nitrogens with zero attached hydrogens (tertiary/aromatic N) is 5. The van der Waals surface area contributed by atoms with Crippen LogP contribution in [0.5, 0.6) is 0 Å². The molecule has 0 saturated carbocycles. The maximum Gasteiger partial charge on any atom is 0.261 e. The molecule has 0 atom stereocenters. The summed E-state index contributed by atoms with van der Waals surface area (Å²) in [6.07, 6.45) is 1.65. The average molecular weight is 367 g/mol. The summed E-state index contributed by atoms with van der Waals surface area (Å²) in [4.78, 5) is 21.8. The zero-order valence-corrected chi connectivity index (χ0v) is 16.1. The molecule has 7 heteroatoms. The predicted octanol–water partition coefficient (Wildman–Crippen LogP) is 2.60. The Labute approximate surface area is 158 Å². The topological polar surface area (TPSA) is 67.4 Å². The molecule has 7 nitrogen and oxygen atoms in total. The van der Waals surface area contributed by atoms with Crippen molar-refractivity contribution in [3.8, 4) is 0 Å². The van der Waals surface area contributed by atoms with E-state index in [1.54, 1.807) is 10.9 Å². The second-order valence-corrected chi connectivity index (χ2v) is 7.44. The summed E-state index contributed by atoms with van der Waals surface area (Å²) in [5.74, 6) is 0.851. The van der Waals surface area contributed by atoms with Crippen LogP contribution in [0.3, 0.4) is 0 Å². The van der Waals surface area contributed by atoms with Gasteiger partial charge in [-0.25, -0.2) is 4.98 Å². The Morgan fingerprint density at radius 2 is 1.93 bits per heavy atom. The number of benzene rings is 1. The van der Waals surface area contributed by atoms with Crippen LogP contribution in [0.15, 0.2) is 39.9 Å². The monoisotopic (exact) mass is 367 g/mol. The van der Waals surface area contributed by atoms with Crippen molar-refractivity contribution < 1.29 is 4.52 Å². The summed E-state index contributed by atoms with van der Waals surface area (Å²) in [6.45, 7) is 10.5. The molecule has 142 valence electrons. The SMILES string of the molecule is Cc1cc(CN2CCN(c3ccc4c(=O)n(C(C)C)cnc4c3)CC2)no1. The highest BCUT2D eigenvalue weighted by Crippen LogP contribution is 2.21. The van der Waals surface area contributed by atoms with Crippen LogP contribution in [0, 0.1) is 6.92 Å². The molecule has 1 aromatic carbocycles. The van der Waals surface area contributed by atoms with E-state index in [1.165, 1.54) is 0 Å². The standard InChI is InChI=1S/C20H25N5O2/c1-14(2)25-13-21-19-11-17(4-5-18(19)20(25)26)24-8-6-23(7-9-24)12-16-10-15(3)27-22-16/h4-5,10-11,13-14H,6-9,12H2,1-3H3. The van der Waals surface area contributed by atoms with Crippen LogP contribution in [0.1, 0.15) is 31.3 Å². The van der Waals surface area contributed by atoms with E-state index in [9.17, 15) is 4.79 Å². The van der Waals surface area contributed by atoms with E-state index in [1.807, 2.05) is 45.0 Å². The normalized spacial score (nSPS) is 15.8. The molecule has 4 rings (SSSR count). The fourth-order valence-corrected chi connectivity index (χ4v) is 3.57. The number of hydrogen-bond acceptors (Lipinski definition) is 6. The highest BCUT2D eigenvalue weighted by atomic mass is 16.5. The molecular formula is C20H25N5O2. The van der Waals surface area contributed by atoms with Crippen LogP contribution in [0.2, 0.25) is 0 Å². The molecule has 2 aromatic heterocycles. The predicted molar refractivity (Wildman–Crippen MR) is 105 cm³/mol. The number of hydrogen-bond donors (Lipinski definition) is 0. The lowest BCUT2D eigenvalue weighted by atomic mass is 10.2. The van der Waals surface area contributed by atoms with Gasteiger partial charge in [0.15, 0.2) is 0 Å². The minimum Gasteiger partial charge on any atom is -0.369 e. The highest BCUT2D eigenvalue weighted by molar-refractivity contribution is 5.81. The van der Waals surface area contributed by atoms with Crippen LogP contribution in [-0.4, -0.2) is 45.8 Å². The Morgan fingerprint density at radius 1 is 1.15 bits per heavy atom. The lowest BCUT2D eigenvalue weighted by Crippen LogP contribution is -2.46. The first-order valence-corrected chi connectivity index (χ1v) is 9.41. The Hall–Kier alpha value is -2.67. The van der Waals surface area contributed by atoms with Gasteiger partial charge in [0.2, 0.25) is 0 Å².